The summed E-state index contributed by atoms with van der Waals surface area (Å²) in [7, 11) is 0. The second kappa shape index (κ2) is 6.34. The SMILES string of the molecule is CCNC(=O)N(CC)c1cn(-c2cncc(F)c2)nc1C. The lowest BCUT2D eigenvalue weighted by molar-refractivity contribution is 0.247. The quantitative estimate of drug-likeness (QED) is 0.940. The maximum absolute atomic E-state index is 13.2. The number of hydrogen-bond acceptors (Lipinski definition) is 3. The van der Waals surface area contributed by atoms with Crippen LogP contribution >= 0.6 is 0 Å². The molecule has 0 unspecified atom stereocenters. The van der Waals surface area contributed by atoms with Crippen LogP contribution in [0.15, 0.2) is 24.7 Å². The Labute approximate surface area is 122 Å². The fraction of sp³-hybridized carbons (Fsp3) is 0.357. The van der Waals surface area contributed by atoms with Gasteiger partial charge in [0, 0.05) is 19.2 Å². The lowest BCUT2D eigenvalue weighted by Gasteiger charge is -2.19. The monoisotopic (exact) mass is 291 g/mol. The van der Waals surface area contributed by atoms with Gasteiger partial charge in [0.1, 0.15) is 5.82 Å². The molecule has 2 rings (SSSR count). The summed E-state index contributed by atoms with van der Waals surface area (Å²) >= 11 is 0. The van der Waals surface area contributed by atoms with Gasteiger partial charge in [0.2, 0.25) is 0 Å². The van der Waals surface area contributed by atoms with Crippen molar-refractivity contribution in [1.29, 1.82) is 0 Å². The molecule has 0 fully saturated rings. The Morgan fingerprint density at radius 3 is 2.81 bits per heavy atom. The number of amides is 2. The third-order valence-electron chi connectivity index (χ3n) is 3.01. The van der Waals surface area contributed by atoms with Crippen molar-refractivity contribution >= 4 is 11.7 Å². The van der Waals surface area contributed by atoms with E-state index >= 15 is 0 Å². The topological polar surface area (TPSA) is 63.1 Å². The van der Waals surface area contributed by atoms with E-state index in [4.69, 9.17) is 0 Å². The molecule has 0 saturated carbocycles. The highest BCUT2D eigenvalue weighted by Gasteiger charge is 2.18. The van der Waals surface area contributed by atoms with Gasteiger partial charge in [0.05, 0.1) is 35.7 Å². The number of carbonyl (C=O) groups excluding carboxylic acids is 1. The maximum Gasteiger partial charge on any atom is 0.321 e. The van der Waals surface area contributed by atoms with Crippen LogP contribution in [0.1, 0.15) is 19.5 Å². The molecular weight excluding hydrogens is 273 g/mol. The van der Waals surface area contributed by atoms with Crippen LogP contribution in [0.25, 0.3) is 5.69 Å². The Balaban J connectivity index is 2.36. The average molecular weight is 291 g/mol. The van der Waals surface area contributed by atoms with Gasteiger partial charge in [-0.25, -0.2) is 13.9 Å². The first-order chi connectivity index (χ1) is 10.1. The number of aromatic nitrogens is 3. The maximum atomic E-state index is 13.2. The zero-order valence-corrected chi connectivity index (χ0v) is 12.3. The molecule has 0 saturated heterocycles. The first-order valence-corrected chi connectivity index (χ1v) is 6.79. The second-order valence-electron chi connectivity index (χ2n) is 4.49. The fourth-order valence-corrected chi connectivity index (χ4v) is 2.04. The van der Waals surface area contributed by atoms with Crippen molar-refractivity contribution in [2.45, 2.75) is 20.8 Å². The van der Waals surface area contributed by atoms with Crippen LogP contribution in [-0.4, -0.2) is 33.9 Å². The van der Waals surface area contributed by atoms with Gasteiger partial charge < -0.3 is 5.32 Å². The highest BCUT2D eigenvalue weighted by molar-refractivity contribution is 5.92. The average Bonchev–Trinajstić information content (AvgIpc) is 2.82. The van der Waals surface area contributed by atoms with Gasteiger partial charge in [0.25, 0.3) is 0 Å². The van der Waals surface area contributed by atoms with Gasteiger partial charge in [-0.05, 0) is 20.8 Å². The number of aryl methyl sites for hydroxylation is 1. The van der Waals surface area contributed by atoms with E-state index < -0.39 is 5.82 Å². The van der Waals surface area contributed by atoms with Crippen LogP contribution < -0.4 is 10.2 Å². The molecule has 1 N–H and O–H groups in total. The number of urea groups is 1. The molecule has 112 valence electrons. The molecule has 0 bridgehead atoms. The number of anilines is 1. The number of carbonyl (C=O) groups is 1. The first-order valence-electron chi connectivity index (χ1n) is 6.79. The summed E-state index contributed by atoms with van der Waals surface area (Å²) in [4.78, 5) is 17.4. The smallest absolute Gasteiger partial charge is 0.321 e. The third kappa shape index (κ3) is 3.18. The molecule has 0 aliphatic rings. The minimum Gasteiger partial charge on any atom is -0.338 e. The van der Waals surface area contributed by atoms with Crippen molar-refractivity contribution < 1.29 is 9.18 Å². The largest absolute Gasteiger partial charge is 0.338 e. The fourth-order valence-electron chi connectivity index (χ4n) is 2.04. The van der Waals surface area contributed by atoms with Crippen molar-refractivity contribution in [2.75, 3.05) is 18.0 Å². The number of hydrogen-bond donors (Lipinski definition) is 1. The molecule has 2 amide bonds. The molecule has 2 aromatic rings. The van der Waals surface area contributed by atoms with Crippen molar-refractivity contribution in [3.05, 3.63) is 36.2 Å². The summed E-state index contributed by atoms with van der Waals surface area (Å²) in [5.41, 5.74) is 1.89. The number of pyridine rings is 1. The van der Waals surface area contributed by atoms with Crippen LogP contribution in [0.3, 0.4) is 0 Å². The molecule has 0 atom stereocenters. The summed E-state index contributed by atoms with van der Waals surface area (Å²) in [5, 5.41) is 7.08. The minimum atomic E-state index is -0.432. The lowest BCUT2D eigenvalue weighted by Crippen LogP contribution is -2.40. The first kappa shape index (κ1) is 15.0. The Bertz CT molecular complexity index is 640. The van der Waals surface area contributed by atoms with Crippen LogP contribution in [0.5, 0.6) is 0 Å². The van der Waals surface area contributed by atoms with E-state index in [1.165, 1.54) is 16.9 Å². The Morgan fingerprint density at radius 1 is 1.43 bits per heavy atom. The van der Waals surface area contributed by atoms with Gasteiger partial charge in [-0.2, -0.15) is 5.10 Å². The zero-order valence-electron chi connectivity index (χ0n) is 12.3. The van der Waals surface area contributed by atoms with Crippen molar-refractivity contribution in [3.63, 3.8) is 0 Å². The molecule has 21 heavy (non-hydrogen) atoms. The highest BCUT2D eigenvalue weighted by Crippen LogP contribution is 2.21. The van der Waals surface area contributed by atoms with E-state index in [-0.39, 0.29) is 6.03 Å². The summed E-state index contributed by atoms with van der Waals surface area (Å²) in [5.74, 6) is -0.432. The van der Waals surface area contributed by atoms with Crippen LogP contribution in [0.2, 0.25) is 0 Å². The van der Waals surface area contributed by atoms with Gasteiger partial charge in [-0.15, -0.1) is 0 Å². The summed E-state index contributed by atoms with van der Waals surface area (Å²) in [6.45, 7) is 6.62. The molecule has 0 aromatic carbocycles. The molecule has 0 aliphatic carbocycles. The summed E-state index contributed by atoms with van der Waals surface area (Å²) < 4.78 is 14.8. The Hall–Kier alpha value is -2.44. The number of halogens is 1. The summed E-state index contributed by atoms with van der Waals surface area (Å²) in [6, 6.07) is 1.16. The molecule has 7 heteroatoms. The molecule has 2 aromatic heterocycles. The van der Waals surface area contributed by atoms with E-state index in [9.17, 15) is 9.18 Å². The molecular formula is C14H18FN5O. The van der Waals surface area contributed by atoms with Gasteiger partial charge in [-0.3, -0.25) is 9.88 Å². The second-order valence-corrected chi connectivity index (χ2v) is 4.49. The van der Waals surface area contributed by atoms with Crippen LogP contribution in [-0.2, 0) is 0 Å². The standard InChI is InChI=1S/C14H18FN5O/c1-4-17-14(21)19(5-2)13-9-20(18-10(13)3)12-6-11(15)7-16-8-12/h6-9H,4-5H2,1-3H3,(H,17,21). The van der Waals surface area contributed by atoms with E-state index in [2.05, 4.69) is 15.4 Å². The van der Waals surface area contributed by atoms with E-state index in [0.717, 1.165) is 6.20 Å². The third-order valence-corrected chi connectivity index (χ3v) is 3.01. The van der Waals surface area contributed by atoms with Crippen molar-refractivity contribution in [2.24, 2.45) is 0 Å². The molecule has 0 radical (unpaired) electrons. The lowest BCUT2D eigenvalue weighted by atomic mass is 10.3. The minimum absolute atomic E-state index is 0.181. The summed E-state index contributed by atoms with van der Waals surface area (Å²) in [6.07, 6.45) is 4.35. The molecule has 0 aliphatic heterocycles. The van der Waals surface area contributed by atoms with E-state index in [1.807, 2.05) is 13.8 Å². The van der Waals surface area contributed by atoms with Crippen LogP contribution in [0.4, 0.5) is 14.9 Å². The van der Waals surface area contributed by atoms with Gasteiger partial charge in [0.15, 0.2) is 0 Å². The molecule has 6 nitrogen and oxygen atoms in total. The van der Waals surface area contributed by atoms with E-state index in [1.54, 1.807) is 18.0 Å². The number of nitrogens with zero attached hydrogens (tertiary/aromatic N) is 4. The molecule has 2 heterocycles. The molecule has 0 spiro atoms. The van der Waals surface area contributed by atoms with Crippen molar-refractivity contribution in [1.82, 2.24) is 20.1 Å². The zero-order chi connectivity index (χ0) is 15.4. The Morgan fingerprint density at radius 2 is 2.19 bits per heavy atom. The Kier molecular flexibility index (Phi) is 4.52. The van der Waals surface area contributed by atoms with Crippen molar-refractivity contribution in [3.8, 4) is 5.69 Å². The predicted octanol–water partition coefficient (Wildman–Crippen LogP) is 2.27. The predicted molar refractivity (Wildman–Crippen MR) is 78.1 cm³/mol. The number of nitrogens with one attached hydrogen (secondary N) is 1. The van der Waals surface area contributed by atoms with Gasteiger partial charge >= 0.3 is 6.03 Å². The number of rotatable bonds is 4. The highest BCUT2D eigenvalue weighted by atomic mass is 19.1. The van der Waals surface area contributed by atoms with E-state index in [0.29, 0.717) is 30.2 Å². The van der Waals surface area contributed by atoms with Crippen LogP contribution in [0, 0.1) is 12.7 Å². The van der Waals surface area contributed by atoms with Gasteiger partial charge in [-0.1, -0.05) is 0 Å². The normalized spacial score (nSPS) is 10.5.